The Balaban J connectivity index is 1.46. The van der Waals surface area contributed by atoms with E-state index in [1.807, 2.05) is 25.1 Å². The molecule has 47 heavy (non-hydrogen) atoms. The third-order valence-corrected chi connectivity index (χ3v) is 9.65. The second-order valence-electron chi connectivity index (χ2n) is 13.7. The number of amides is 3. The number of nitrogens with one attached hydrogen (secondary N) is 2. The minimum absolute atomic E-state index is 0.0160. The van der Waals surface area contributed by atoms with Gasteiger partial charge in [0.05, 0.1) is 22.2 Å². The minimum atomic E-state index is -1.96. The smallest absolute Gasteiger partial charge is 0.258 e. The summed E-state index contributed by atoms with van der Waals surface area (Å²) in [6.45, 7) is 7.64. The molecule has 13 heteroatoms. The van der Waals surface area contributed by atoms with E-state index in [4.69, 9.17) is 10.5 Å². The van der Waals surface area contributed by atoms with Crippen molar-refractivity contribution in [1.82, 2.24) is 20.5 Å². The van der Waals surface area contributed by atoms with Gasteiger partial charge >= 0.3 is 0 Å². The van der Waals surface area contributed by atoms with E-state index in [2.05, 4.69) is 15.6 Å². The molecule has 0 spiro atoms. The van der Waals surface area contributed by atoms with Gasteiger partial charge in [0.15, 0.2) is 11.5 Å². The fraction of sp³-hybridized carbons (Fsp3) is 0.618. The summed E-state index contributed by atoms with van der Waals surface area (Å²) in [4.78, 5) is 59.0. The summed E-state index contributed by atoms with van der Waals surface area (Å²) in [6, 6.07) is 3.47. The highest BCUT2D eigenvalue weighted by molar-refractivity contribution is 7.13. The van der Waals surface area contributed by atoms with Crippen molar-refractivity contribution in [2.45, 2.75) is 109 Å². The second-order valence-corrected chi connectivity index (χ2v) is 14.6. The average molecular weight is 674 g/mol. The van der Waals surface area contributed by atoms with Crippen LogP contribution in [0.3, 0.4) is 0 Å². The number of β-amino-alcohol motifs (C(OH)–C–C–N with tert-alkyl or cyclic N) is 1. The number of hydrogen-bond acceptors (Lipinski definition) is 9. The third kappa shape index (κ3) is 9.57. The van der Waals surface area contributed by atoms with E-state index in [9.17, 15) is 28.7 Å². The van der Waals surface area contributed by atoms with Crippen LogP contribution in [0.1, 0.15) is 83.4 Å². The molecule has 1 aliphatic heterocycles. The number of unbranched alkanes of at least 4 members (excludes halogenated alkanes) is 3. The van der Waals surface area contributed by atoms with Crippen molar-refractivity contribution >= 4 is 34.8 Å². The van der Waals surface area contributed by atoms with Gasteiger partial charge < -0.3 is 31.1 Å². The van der Waals surface area contributed by atoms with Crippen molar-refractivity contribution in [2.75, 3.05) is 19.7 Å². The molecule has 1 saturated carbocycles. The Labute approximate surface area is 279 Å². The average Bonchev–Trinajstić information content (AvgIpc) is 3.43. The number of ether oxygens (including phenoxy) is 1. The van der Waals surface area contributed by atoms with Gasteiger partial charge in [0, 0.05) is 31.5 Å². The number of nitrogens with two attached hydrogens (primary N) is 1. The highest BCUT2D eigenvalue weighted by Crippen LogP contribution is 2.40. The maximum absolute atomic E-state index is 14.5. The van der Waals surface area contributed by atoms with Crippen molar-refractivity contribution in [3.63, 3.8) is 0 Å². The van der Waals surface area contributed by atoms with Gasteiger partial charge in [-0.05, 0) is 56.2 Å². The maximum atomic E-state index is 14.5. The molecular formula is C34H48FN5O6S. The van der Waals surface area contributed by atoms with Crippen molar-refractivity contribution in [3.05, 3.63) is 35.0 Å². The number of halogens is 1. The summed E-state index contributed by atoms with van der Waals surface area (Å²) < 4.78 is 20.5. The molecule has 1 aliphatic carbocycles. The lowest BCUT2D eigenvalue weighted by Crippen LogP contribution is -2.59. The Kier molecular flexibility index (Phi) is 12.1. The molecule has 5 N–H and O–H groups in total. The van der Waals surface area contributed by atoms with Gasteiger partial charge in [-0.15, -0.1) is 11.3 Å². The number of thiazole rings is 1. The van der Waals surface area contributed by atoms with E-state index in [1.54, 1.807) is 26.3 Å². The topological polar surface area (TPSA) is 164 Å². The Bertz CT molecular complexity index is 1440. The van der Waals surface area contributed by atoms with Gasteiger partial charge in [0.25, 0.3) is 5.91 Å². The number of rotatable bonds is 16. The normalized spacial score (nSPS) is 19.3. The maximum Gasteiger partial charge on any atom is 0.258 e. The summed E-state index contributed by atoms with van der Waals surface area (Å²) in [5.74, 6) is -1.45. The van der Waals surface area contributed by atoms with E-state index >= 15 is 0 Å². The molecule has 4 rings (SSSR count). The van der Waals surface area contributed by atoms with Crippen molar-refractivity contribution in [1.29, 1.82) is 0 Å². The Hall–Kier alpha value is -3.42. The molecule has 2 aromatic rings. The first kappa shape index (κ1) is 36.4. The van der Waals surface area contributed by atoms with Crippen LogP contribution in [0.2, 0.25) is 0 Å². The number of aliphatic hydroxyl groups excluding tert-OH is 1. The molecule has 258 valence electrons. The summed E-state index contributed by atoms with van der Waals surface area (Å²) >= 11 is 1.49. The minimum Gasteiger partial charge on any atom is -0.485 e. The fourth-order valence-electron chi connectivity index (χ4n) is 5.62. The van der Waals surface area contributed by atoms with E-state index in [-0.39, 0.29) is 44.7 Å². The molecule has 2 aliphatic rings. The summed E-state index contributed by atoms with van der Waals surface area (Å²) in [7, 11) is 0. The zero-order valence-corrected chi connectivity index (χ0v) is 28.6. The summed E-state index contributed by atoms with van der Waals surface area (Å²) in [5.41, 5.74) is 6.93. The van der Waals surface area contributed by atoms with Crippen molar-refractivity contribution in [2.24, 2.45) is 11.1 Å². The number of Topliss-reactive ketones (excluding diaryl/α,β-unsaturated/α-hetero) is 1. The van der Waals surface area contributed by atoms with Gasteiger partial charge in [-0.2, -0.15) is 0 Å². The molecule has 3 amide bonds. The van der Waals surface area contributed by atoms with Crippen LogP contribution >= 0.6 is 11.3 Å². The fourth-order valence-corrected chi connectivity index (χ4v) is 6.43. The first-order valence-corrected chi connectivity index (χ1v) is 17.3. The third-order valence-electron chi connectivity index (χ3n) is 8.68. The number of nitrogens with zero attached hydrogens (tertiary/aromatic N) is 2. The van der Waals surface area contributed by atoms with Crippen molar-refractivity contribution in [3.8, 4) is 16.2 Å². The van der Waals surface area contributed by atoms with Gasteiger partial charge in [-0.25, -0.2) is 9.37 Å². The van der Waals surface area contributed by atoms with Gasteiger partial charge in [0.2, 0.25) is 11.8 Å². The highest BCUT2D eigenvalue weighted by Gasteiger charge is 2.53. The largest absolute Gasteiger partial charge is 0.485 e. The van der Waals surface area contributed by atoms with Crippen LogP contribution in [0.15, 0.2) is 23.7 Å². The number of aryl methyl sites for hydroxylation is 1. The van der Waals surface area contributed by atoms with E-state index in [1.165, 1.54) is 16.2 Å². The lowest BCUT2D eigenvalue weighted by molar-refractivity contribution is -0.145. The molecule has 3 atom stereocenters. The number of alkyl halides is 1. The number of carbonyl (C=O) groups excluding carboxylic acids is 4. The van der Waals surface area contributed by atoms with Crippen LogP contribution in [0.5, 0.6) is 5.75 Å². The number of likely N-dealkylation sites (tertiary alicyclic amines) is 1. The number of aromatic nitrogens is 1. The first-order valence-electron chi connectivity index (χ1n) is 16.4. The first-order chi connectivity index (χ1) is 22.2. The lowest BCUT2D eigenvalue weighted by Gasteiger charge is -2.35. The highest BCUT2D eigenvalue weighted by atomic mass is 32.1. The Morgan fingerprint density at radius 3 is 2.55 bits per heavy atom. The van der Waals surface area contributed by atoms with Gasteiger partial charge in [0.1, 0.15) is 24.4 Å². The molecule has 1 aromatic carbocycles. The number of benzene rings is 1. The van der Waals surface area contributed by atoms with Crippen LogP contribution in [0, 0.1) is 12.3 Å². The van der Waals surface area contributed by atoms with E-state index in [0.717, 1.165) is 41.8 Å². The predicted octanol–water partition coefficient (Wildman–Crippen LogP) is 3.59. The molecule has 1 aromatic heterocycles. The molecule has 1 unspecified atom stereocenters. The van der Waals surface area contributed by atoms with Crippen LogP contribution in [-0.4, -0.2) is 82.0 Å². The monoisotopic (exact) mass is 673 g/mol. The Morgan fingerprint density at radius 1 is 1.19 bits per heavy atom. The van der Waals surface area contributed by atoms with Crippen molar-refractivity contribution < 1.29 is 33.4 Å². The van der Waals surface area contributed by atoms with Crippen LogP contribution in [0.4, 0.5) is 4.39 Å². The molecular weight excluding hydrogens is 625 g/mol. The number of carbonyl (C=O) groups is 4. The molecule has 1 saturated heterocycles. The summed E-state index contributed by atoms with van der Waals surface area (Å²) in [5, 5.41) is 15.9. The standard InChI is InChI=1S/C34H48FN5O6S/c1-21-28(47-20-38-21)22-10-11-23(27(15-22)46-19-24(41)9-7-5-6-8-14-36)17-37-30(43)26-16-25(42)18-40(26)31(44)29(33(2,3)4)39-32(45)34(35)12-13-34/h10-11,15,20,25-26,29,42H,5-9,12-14,16-19,36H2,1-4H3,(H,37,43)(H,39,45)/t25-,26?,29-/m1/s1. The predicted molar refractivity (Wildman–Crippen MR) is 177 cm³/mol. The molecule has 11 nitrogen and oxygen atoms in total. The zero-order valence-electron chi connectivity index (χ0n) is 27.8. The Morgan fingerprint density at radius 2 is 1.91 bits per heavy atom. The second kappa shape index (κ2) is 15.7. The van der Waals surface area contributed by atoms with E-state index in [0.29, 0.717) is 24.3 Å². The van der Waals surface area contributed by atoms with Crippen LogP contribution < -0.4 is 21.1 Å². The van der Waals surface area contributed by atoms with Gasteiger partial charge in [-0.1, -0.05) is 45.7 Å². The summed E-state index contributed by atoms with van der Waals surface area (Å²) in [6.07, 6.45) is 3.30. The number of aliphatic hydroxyl groups is 1. The number of hydrogen-bond donors (Lipinski definition) is 4. The van der Waals surface area contributed by atoms with Crippen LogP contribution in [0.25, 0.3) is 10.4 Å². The quantitative estimate of drug-likeness (QED) is 0.197. The number of ketones is 1. The van der Waals surface area contributed by atoms with Gasteiger partial charge in [-0.3, -0.25) is 19.2 Å². The molecule has 0 radical (unpaired) electrons. The zero-order chi connectivity index (χ0) is 34.4. The molecule has 0 bridgehead atoms. The molecule has 2 heterocycles. The SMILES string of the molecule is Cc1ncsc1-c1ccc(CNC(=O)C2C[C@@H](O)CN2C(=O)[C@@H](NC(=O)C2(F)CC2)C(C)(C)C)c(OCC(=O)CCCCCCN)c1. The molecule has 2 fully saturated rings. The van der Waals surface area contributed by atoms with Crippen LogP contribution in [-0.2, 0) is 25.7 Å². The van der Waals surface area contributed by atoms with E-state index < -0.39 is 47.0 Å². The lowest BCUT2D eigenvalue weighted by atomic mass is 9.85.